The molecule has 0 aliphatic heterocycles. The molecule has 0 aliphatic rings. The molecule has 0 unspecified atom stereocenters. The van der Waals surface area contributed by atoms with Gasteiger partial charge < -0.3 is 13.9 Å². The second-order valence-corrected chi connectivity index (χ2v) is 6.39. The number of benzene rings is 2. The molecule has 7 heteroatoms. The third kappa shape index (κ3) is 4.49. The largest absolute Gasteiger partial charge is 0.490 e. The average Bonchev–Trinajstić information content (AvgIpc) is 3.09. The summed E-state index contributed by atoms with van der Waals surface area (Å²) in [5.74, 6) is 1.05. The van der Waals surface area contributed by atoms with Crippen LogP contribution in [-0.4, -0.2) is 25.3 Å². The molecule has 0 aliphatic carbocycles. The smallest absolute Gasteiger partial charge is 0.307 e. The van der Waals surface area contributed by atoms with Crippen LogP contribution in [0, 0.1) is 0 Å². The number of hydrogen-bond acceptors (Lipinski definition) is 5. The van der Waals surface area contributed by atoms with Gasteiger partial charge in [-0.2, -0.15) is 5.10 Å². The summed E-state index contributed by atoms with van der Waals surface area (Å²) in [6.07, 6.45) is 1.53. The molecule has 0 radical (unpaired) electrons. The molecule has 6 nitrogen and oxygen atoms in total. The second kappa shape index (κ2) is 8.73. The van der Waals surface area contributed by atoms with Crippen LogP contribution in [0.5, 0.6) is 11.5 Å². The fourth-order valence-electron chi connectivity index (χ4n) is 2.50. The second-order valence-electron chi connectivity index (χ2n) is 5.53. The van der Waals surface area contributed by atoms with Gasteiger partial charge in [-0.25, -0.2) is 5.43 Å². The predicted molar refractivity (Wildman–Crippen MR) is 108 cm³/mol. The van der Waals surface area contributed by atoms with E-state index in [1.54, 1.807) is 12.1 Å². The minimum absolute atomic E-state index is 0.203. The molecule has 1 aromatic heterocycles. The maximum absolute atomic E-state index is 12.2. The van der Waals surface area contributed by atoms with Gasteiger partial charge in [-0.1, -0.05) is 18.2 Å². The topological polar surface area (TPSA) is 73.1 Å². The first-order valence-electron chi connectivity index (χ1n) is 8.53. The van der Waals surface area contributed by atoms with E-state index in [-0.39, 0.29) is 5.76 Å². The highest BCUT2D eigenvalue weighted by atomic mass is 79.9. The number of furan rings is 1. The summed E-state index contributed by atoms with van der Waals surface area (Å²) < 4.78 is 17.5. The fraction of sp³-hybridized carbons (Fsp3) is 0.200. The van der Waals surface area contributed by atoms with Crippen LogP contribution in [0.4, 0.5) is 0 Å². The quantitative estimate of drug-likeness (QED) is 0.433. The van der Waals surface area contributed by atoms with Crippen molar-refractivity contribution in [2.45, 2.75) is 13.8 Å². The van der Waals surface area contributed by atoms with Gasteiger partial charge in [0.2, 0.25) is 0 Å². The SMILES string of the molecule is CCOc1cc(Br)c(/C=N\NC(=O)c2cc3ccccc3o2)cc1OCC. The minimum Gasteiger partial charge on any atom is -0.490 e. The standard InChI is InChI=1S/C20H19BrN2O4/c1-3-25-17-10-14(15(21)11-18(17)26-4-2)12-22-23-20(24)19-9-13-7-5-6-8-16(13)27-19/h5-12H,3-4H2,1-2H3,(H,23,24)/b22-12-. The zero-order valence-corrected chi connectivity index (χ0v) is 16.6. The van der Waals surface area contributed by atoms with Crippen molar-refractivity contribution in [3.8, 4) is 11.5 Å². The molecule has 1 N–H and O–H groups in total. The van der Waals surface area contributed by atoms with Crippen molar-refractivity contribution in [3.63, 3.8) is 0 Å². The van der Waals surface area contributed by atoms with Crippen LogP contribution in [0.1, 0.15) is 30.0 Å². The maximum atomic E-state index is 12.2. The number of carbonyl (C=O) groups excluding carboxylic acids is 1. The van der Waals surface area contributed by atoms with Gasteiger partial charge in [-0.3, -0.25) is 4.79 Å². The summed E-state index contributed by atoms with van der Waals surface area (Å²) in [5.41, 5.74) is 3.87. The molecule has 0 fully saturated rings. The van der Waals surface area contributed by atoms with Crippen molar-refractivity contribution in [2.75, 3.05) is 13.2 Å². The maximum Gasteiger partial charge on any atom is 0.307 e. The van der Waals surface area contributed by atoms with Crippen molar-refractivity contribution < 1.29 is 18.7 Å². The number of nitrogens with one attached hydrogen (secondary N) is 1. The zero-order valence-electron chi connectivity index (χ0n) is 15.0. The summed E-state index contributed by atoms with van der Waals surface area (Å²) in [4.78, 5) is 12.2. The van der Waals surface area contributed by atoms with Gasteiger partial charge in [0, 0.05) is 15.4 Å². The molecular formula is C20H19BrN2O4. The third-order valence-electron chi connectivity index (χ3n) is 3.68. The number of amides is 1. The van der Waals surface area contributed by atoms with Crippen LogP contribution in [0.2, 0.25) is 0 Å². The number of hydrazone groups is 1. The van der Waals surface area contributed by atoms with E-state index in [2.05, 4.69) is 26.5 Å². The summed E-state index contributed by atoms with van der Waals surface area (Å²) in [7, 11) is 0. The number of nitrogens with zero attached hydrogens (tertiary/aromatic N) is 1. The van der Waals surface area contributed by atoms with Crippen LogP contribution in [0.3, 0.4) is 0 Å². The number of para-hydroxylation sites is 1. The Labute approximate surface area is 165 Å². The average molecular weight is 431 g/mol. The lowest BCUT2D eigenvalue weighted by Crippen LogP contribution is -2.16. The molecule has 140 valence electrons. The Balaban J connectivity index is 1.75. The van der Waals surface area contributed by atoms with Gasteiger partial charge in [0.15, 0.2) is 17.3 Å². The van der Waals surface area contributed by atoms with Gasteiger partial charge in [-0.15, -0.1) is 0 Å². The molecule has 0 saturated heterocycles. The summed E-state index contributed by atoms with van der Waals surface area (Å²) in [6, 6.07) is 12.7. The van der Waals surface area contributed by atoms with Crippen molar-refractivity contribution in [2.24, 2.45) is 5.10 Å². The summed E-state index contributed by atoms with van der Waals surface area (Å²) >= 11 is 3.48. The van der Waals surface area contributed by atoms with E-state index in [4.69, 9.17) is 13.9 Å². The highest BCUT2D eigenvalue weighted by Crippen LogP contribution is 2.33. The molecule has 2 aromatic carbocycles. The van der Waals surface area contributed by atoms with Crippen molar-refractivity contribution in [1.82, 2.24) is 5.43 Å². The number of rotatable bonds is 7. The van der Waals surface area contributed by atoms with Crippen LogP contribution < -0.4 is 14.9 Å². The normalized spacial score (nSPS) is 11.1. The fourth-order valence-corrected chi connectivity index (χ4v) is 2.92. The molecule has 0 bridgehead atoms. The van der Waals surface area contributed by atoms with Gasteiger partial charge >= 0.3 is 5.91 Å². The number of halogens is 1. The Hall–Kier alpha value is -2.80. The first-order valence-corrected chi connectivity index (χ1v) is 9.32. The van der Waals surface area contributed by atoms with Crippen molar-refractivity contribution in [1.29, 1.82) is 0 Å². The van der Waals surface area contributed by atoms with Gasteiger partial charge in [0.1, 0.15) is 5.58 Å². The minimum atomic E-state index is -0.422. The lowest BCUT2D eigenvalue weighted by atomic mass is 10.2. The van der Waals surface area contributed by atoms with Crippen molar-refractivity contribution in [3.05, 3.63) is 58.3 Å². The molecule has 1 amide bonds. The number of fused-ring (bicyclic) bond motifs is 1. The van der Waals surface area contributed by atoms with Gasteiger partial charge in [-0.05, 0) is 54.0 Å². The van der Waals surface area contributed by atoms with Crippen molar-refractivity contribution >= 4 is 39.0 Å². The number of carbonyl (C=O) groups is 1. The Morgan fingerprint density at radius 1 is 1.15 bits per heavy atom. The first-order chi connectivity index (χ1) is 13.1. The molecule has 0 spiro atoms. The van der Waals surface area contributed by atoms with E-state index < -0.39 is 5.91 Å². The molecule has 3 aromatic rings. The van der Waals surface area contributed by atoms with E-state index in [1.807, 2.05) is 44.2 Å². The third-order valence-corrected chi connectivity index (χ3v) is 4.37. The summed E-state index contributed by atoms with van der Waals surface area (Å²) in [6.45, 7) is 4.86. The van der Waals surface area contributed by atoms with E-state index in [0.717, 1.165) is 15.4 Å². The first kappa shape index (κ1) is 19.0. The number of ether oxygens (including phenoxy) is 2. The van der Waals surface area contributed by atoms with Gasteiger partial charge in [0.05, 0.1) is 19.4 Å². The lowest BCUT2D eigenvalue weighted by molar-refractivity contribution is 0.0929. The molecule has 0 atom stereocenters. The van der Waals surface area contributed by atoms with E-state index in [9.17, 15) is 4.79 Å². The van der Waals surface area contributed by atoms with Crippen LogP contribution in [0.25, 0.3) is 11.0 Å². The highest BCUT2D eigenvalue weighted by Gasteiger charge is 2.12. The monoisotopic (exact) mass is 430 g/mol. The Morgan fingerprint density at radius 2 is 1.85 bits per heavy atom. The molecule has 27 heavy (non-hydrogen) atoms. The lowest BCUT2D eigenvalue weighted by Gasteiger charge is -2.12. The predicted octanol–water partition coefficient (Wildman–Crippen LogP) is 4.76. The van der Waals surface area contributed by atoms with Crippen LogP contribution >= 0.6 is 15.9 Å². The Kier molecular flexibility index (Phi) is 6.13. The number of hydrogen-bond donors (Lipinski definition) is 1. The van der Waals surface area contributed by atoms with E-state index >= 15 is 0 Å². The molecule has 0 saturated carbocycles. The molecule has 1 heterocycles. The molecule has 3 rings (SSSR count). The van der Waals surface area contributed by atoms with Gasteiger partial charge in [0.25, 0.3) is 0 Å². The highest BCUT2D eigenvalue weighted by molar-refractivity contribution is 9.10. The Bertz CT molecular complexity index is 948. The zero-order chi connectivity index (χ0) is 19.2. The van der Waals surface area contributed by atoms with Crippen LogP contribution in [-0.2, 0) is 0 Å². The Morgan fingerprint density at radius 3 is 2.56 bits per heavy atom. The van der Waals surface area contributed by atoms with Crippen LogP contribution in [0.15, 0.2) is 56.5 Å². The molecular weight excluding hydrogens is 412 g/mol. The van der Waals surface area contributed by atoms with E-state index in [1.165, 1.54) is 6.21 Å². The van der Waals surface area contributed by atoms with E-state index in [0.29, 0.717) is 30.3 Å². The summed E-state index contributed by atoms with van der Waals surface area (Å²) in [5, 5.41) is 4.88.